The molecule has 0 aromatic rings. The van der Waals surface area contributed by atoms with Crippen molar-refractivity contribution >= 4 is 0 Å². The molecule has 0 bridgehead atoms. The van der Waals surface area contributed by atoms with Crippen LogP contribution in [0.5, 0.6) is 0 Å². The van der Waals surface area contributed by atoms with E-state index in [2.05, 4.69) is 36.1 Å². The third-order valence-corrected chi connectivity index (χ3v) is 5.10. The molecule has 1 saturated carbocycles. The van der Waals surface area contributed by atoms with Crippen molar-refractivity contribution in [2.75, 3.05) is 40.3 Å². The van der Waals surface area contributed by atoms with Crippen molar-refractivity contribution in [1.82, 2.24) is 15.1 Å². The van der Waals surface area contributed by atoms with Gasteiger partial charge >= 0.3 is 0 Å². The minimum absolute atomic E-state index is 0.798. The Morgan fingerprint density at radius 2 is 1.84 bits per heavy atom. The van der Waals surface area contributed by atoms with E-state index in [0.717, 1.165) is 18.0 Å². The van der Waals surface area contributed by atoms with Gasteiger partial charge < -0.3 is 15.1 Å². The molecule has 2 fully saturated rings. The second-order valence-corrected chi connectivity index (χ2v) is 6.75. The smallest absolute Gasteiger partial charge is 0.0113 e. The number of nitrogens with one attached hydrogen (secondary N) is 1. The first-order valence-corrected chi connectivity index (χ1v) is 8.33. The molecule has 1 heterocycles. The predicted molar refractivity (Wildman–Crippen MR) is 82.6 cm³/mol. The molecule has 0 spiro atoms. The topological polar surface area (TPSA) is 18.5 Å². The molecule has 1 saturated heterocycles. The van der Waals surface area contributed by atoms with Crippen LogP contribution in [0.1, 0.15) is 45.4 Å². The zero-order valence-corrected chi connectivity index (χ0v) is 13.2. The fourth-order valence-electron chi connectivity index (χ4n) is 3.80. The number of hydrogen-bond donors (Lipinski definition) is 1. The Labute approximate surface area is 119 Å². The molecule has 1 aliphatic heterocycles. The maximum Gasteiger partial charge on any atom is 0.0113 e. The van der Waals surface area contributed by atoms with Crippen molar-refractivity contribution in [3.8, 4) is 0 Å². The van der Waals surface area contributed by atoms with Crippen molar-refractivity contribution < 1.29 is 0 Å². The highest BCUT2D eigenvalue weighted by atomic mass is 15.2. The quantitative estimate of drug-likeness (QED) is 0.796. The number of piperidine rings is 1. The average molecular weight is 267 g/mol. The van der Waals surface area contributed by atoms with Crippen LogP contribution in [0, 0.1) is 5.92 Å². The molecule has 1 N–H and O–H groups in total. The van der Waals surface area contributed by atoms with Crippen molar-refractivity contribution in [2.24, 2.45) is 5.92 Å². The second-order valence-electron chi connectivity index (χ2n) is 6.75. The fraction of sp³-hybridized carbons (Fsp3) is 1.00. The summed E-state index contributed by atoms with van der Waals surface area (Å²) in [7, 11) is 4.45. The average Bonchev–Trinajstić information content (AvgIpc) is 2.84. The van der Waals surface area contributed by atoms with Crippen LogP contribution in [-0.4, -0.2) is 62.2 Å². The summed E-state index contributed by atoms with van der Waals surface area (Å²) in [5.74, 6) is 0.905. The molecule has 1 aliphatic carbocycles. The standard InChI is InChI=1S/C16H33N3/c1-4-10-17-16-7-5-6-14(16)13-19-11-8-15(9-12-19)18(2)3/h14-17H,4-13H2,1-3H3. The van der Waals surface area contributed by atoms with Crippen molar-refractivity contribution in [3.63, 3.8) is 0 Å². The normalized spacial score (nSPS) is 30.3. The summed E-state index contributed by atoms with van der Waals surface area (Å²) >= 11 is 0. The van der Waals surface area contributed by atoms with Gasteiger partial charge in [0.25, 0.3) is 0 Å². The van der Waals surface area contributed by atoms with Gasteiger partial charge in [0.1, 0.15) is 0 Å². The van der Waals surface area contributed by atoms with Gasteiger partial charge in [0.2, 0.25) is 0 Å². The maximum atomic E-state index is 3.76. The van der Waals surface area contributed by atoms with Crippen molar-refractivity contribution in [2.45, 2.75) is 57.5 Å². The lowest BCUT2D eigenvalue weighted by Gasteiger charge is -2.37. The van der Waals surface area contributed by atoms with Gasteiger partial charge in [0.15, 0.2) is 0 Å². The highest BCUT2D eigenvalue weighted by Gasteiger charge is 2.29. The SMILES string of the molecule is CCCNC1CCCC1CN1CCC(N(C)C)CC1. The largest absolute Gasteiger partial charge is 0.314 e. The van der Waals surface area contributed by atoms with Crippen LogP contribution < -0.4 is 5.32 Å². The molecule has 0 aromatic carbocycles. The molecule has 19 heavy (non-hydrogen) atoms. The highest BCUT2D eigenvalue weighted by molar-refractivity contribution is 4.87. The summed E-state index contributed by atoms with van der Waals surface area (Å²) in [6, 6.07) is 1.61. The van der Waals surface area contributed by atoms with E-state index in [-0.39, 0.29) is 0 Å². The van der Waals surface area contributed by atoms with Crippen molar-refractivity contribution in [1.29, 1.82) is 0 Å². The molecule has 0 amide bonds. The van der Waals surface area contributed by atoms with Crippen LogP contribution in [0.15, 0.2) is 0 Å². The molecule has 2 unspecified atom stereocenters. The van der Waals surface area contributed by atoms with E-state index in [0.29, 0.717) is 0 Å². The Bertz CT molecular complexity index is 246. The Morgan fingerprint density at radius 3 is 2.47 bits per heavy atom. The lowest BCUT2D eigenvalue weighted by molar-refractivity contribution is 0.125. The molecule has 2 rings (SSSR count). The third-order valence-electron chi connectivity index (χ3n) is 5.10. The van der Waals surface area contributed by atoms with Gasteiger partial charge in [-0.2, -0.15) is 0 Å². The molecular weight excluding hydrogens is 234 g/mol. The first-order chi connectivity index (χ1) is 9.20. The second kappa shape index (κ2) is 7.61. The number of rotatable bonds is 6. The lowest BCUT2D eigenvalue weighted by Crippen LogP contribution is -2.46. The molecule has 112 valence electrons. The highest BCUT2D eigenvalue weighted by Crippen LogP contribution is 2.27. The summed E-state index contributed by atoms with van der Waals surface area (Å²) in [5.41, 5.74) is 0. The van der Waals surface area contributed by atoms with Crippen molar-refractivity contribution in [3.05, 3.63) is 0 Å². The van der Waals surface area contributed by atoms with E-state index in [1.807, 2.05) is 0 Å². The number of likely N-dealkylation sites (tertiary alicyclic amines) is 1. The van der Waals surface area contributed by atoms with Gasteiger partial charge in [0.05, 0.1) is 0 Å². The van der Waals surface area contributed by atoms with Crippen LogP contribution in [0.2, 0.25) is 0 Å². The van der Waals surface area contributed by atoms with E-state index < -0.39 is 0 Å². The summed E-state index contributed by atoms with van der Waals surface area (Å²) in [5, 5.41) is 3.76. The number of hydrogen-bond acceptors (Lipinski definition) is 3. The molecule has 0 radical (unpaired) electrons. The van der Waals surface area contributed by atoms with Crippen LogP contribution >= 0.6 is 0 Å². The summed E-state index contributed by atoms with van der Waals surface area (Å²) in [6.07, 6.45) is 8.24. The van der Waals surface area contributed by atoms with E-state index >= 15 is 0 Å². The van der Waals surface area contributed by atoms with E-state index in [9.17, 15) is 0 Å². The van der Waals surface area contributed by atoms with Gasteiger partial charge in [-0.15, -0.1) is 0 Å². The van der Waals surface area contributed by atoms with Gasteiger partial charge in [0, 0.05) is 18.6 Å². The molecular formula is C16H33N3. The van der Waals surface area contributed by atoms with Gasteiger partial charge in [-0.1, -0.05) is 13.3 Å². The third kappa shape index (κ3) is 4.44. The van der Waals surface area contributed by atoms with Gasteiger partial charge in [-0.05, 0) is 71.8 Å². The summed E-state index contributed by atoms with van der Waals surface area (Å²) in [6.45, 7) is 7.41. The van der Waals surface area contributed by atoms with Gasteiger partial charge in [-0.25, -0.2) is 0 Å². The zero-order valence-electron chi connectivity index (χ0n) is 13.2. The minimum atomic E-state index is 0.798. The van der Waals surface area contributed by atoms with Gasteiger partial charge in [-0.3, -0.25) is 0 Å². The van der Waals surface area contributed by atoms with Crippen LogP contribution in [0.25, 0.3) is 0 Å². The molecule has 0 aromatic heterocycles. The maximum absolute atomic E-state index is 3.76. The molecule has 3 heteroatoms. The minimum Gasteiger partial charge on any atom is -0.314 e. The Kier molecular flexibility index (Phi) is 6.11. The van der Waals surface area contributed by atoms with E-state index in [1.54, 1.807) is 0 Å². The van der Waals surface area contributed by atoms with Crippen LogP contribution in [-0.2, 0) is 0 Å². The predicted octanol–water partition coefficient (Wildman–Crippen LogP) is 2.18. The fourth-order valence-corrected chi connectivity index (χ4v) is 3.80. The Morgan fingerprint density at radius 1 is 1.11 bits per heavy atom. The Balaban J connectivity index is 1.72. The molecule has 2 aliphatic rings. The Hall–Kier alpha value is -0.120. The zero-order chi connectivity index (χ0) is 13.7. The molecule has 2 atom stereocenters. The summed E-state index contributed by atoms with van der Waals surface area (Å²) in [4.78, 5) is 5.12. The van der Waals surface area contributed by atoms with E-state index in [1.165, 1.54) is 64.7 Å². The first-order valence-electron chi connectivity index (χ1n) is 8.33. The summed E-state index contributed by atoms with van der Waals surface area (Å²) < 4.78 is 0. The molecule has 3 nitrogen and oxygen atoms in total. The first kappa shape index (κ1) is 15.3. The lowest BCUT2D eigenvalue weighted by atomic mass is 9.99. The van der Waals surface area contributed by atoms with Crippen LogP contribution in [0.3, 0.4) is 0 Å². The van der Waals surface area contributed by atoms with Crippen LogP contribution in [0.4, 0.5) is 0 Å². The monoisotopic (exact) mass is 267 g/mol. The van der Waals surface area contributed by atoms with E-state index in [4.69, 9.17) is 0 Å². The number of nitrogens with zero attached hydrogens (tertiary/aromatic N) is 2.